The highest BCUT2D eigenvalue weighted by molar-refractivity contribution is 5.98. The third kappa shape index (κ3) is 4.30. The number of nitrogens with two attached hydrogens (primary N) is 1. The highest BCUT2D eigenvalue weighted by atomic mass is 16.5. The minimum absolute atomic E-state index is 0.0915. The van der Waals surface area contributed by atoms with E-state index in [2.05, 4.69) is 25.8 Å². The number of fused-ring (bicyclic) bond motifs is 1. The summed E-state index contributed by atoms with van der Waals surface area (Å²) < 4.78 is 7.24. The summed E-state index contributed by atoms with van der Waals surface area (Å²) >= 11 is 0. The number of dihydropyridines is 1. The number of aromatic nitrogens is 3. The number of carbonyl (C=O) groups excluding carboxylic acids is 2. The van der Waals surface area contributed by atoms with Gasteiger partial charge in [0.05, 0.1) is 18.8 Å². The fraction of sp³-hybridized carbons (Fsp3) is 0.429. The number of rotatable bonds is 5. The maximum absolute atomic E-state index is 12.9. The molecule has 10 nitrogen and oxygen atoms in total. The van der Waals surface area contributed by atoms with E-state index in [1.54, 1.807) is 18.5 Å². The van der Waals surface area contributed by atoms with Gasteiger partial charge in [0, 0.05) is 24.9 Å². The average molecular weight is 425 g/mol. The number of allylic oxidation sites excluding steroid dienone is 2. The summed E-state index contributed by atoms with van der Waals surface area (Å²) in [6.07, 6.45) is 7.47. The second-order valence-electron chi connectivity index (χ2n) is 8.26. The number of hydrogen-bond acceptors (Lipinski definition) is 7. The third-order valence-electron chi connectivity index (χ3n) is 5.48. The Kier molecular flexibility index (Phi) is 5.50. The molecule has 10 heteroatoms. The minimum atomic E-state index is -0.839. The molecule has 3 atom stereocenters. The Labute approximate surface area is 180 Å². The van der Waals surface area contributed by atoms with Crippen LogP contribution in [0.25, 0.3) is 11.1 Å². The molecule has 164 valence electrons. The van der Waals surface area contributed by atoms with Crippen molar-refractivity contribution in [3.8, 4) is 0 Å². The van der Waals surface area contributed by atoms with E-state index in [9.17, 15) is 9.59 Å². The van der Waals surface area contributed by atoms with Gasteiger partial charge in [-0.2, -0.15) is 0 Å². The van der Waals surface area contributed by atoms with Gasteiger partial charge in [0.2, 0.25) is 5.91 Å². The van der Waals surface area contributed by atoms with Crippen LogP contribution in [-0.2, 0) is 9.53 Å². The monoisotopic (exact) mass is 425 g/mol. The summed E-state index contributed by atoms with van der Waals surface area (Å²) in [6.45, 7) is 7.63. The van der Waals surface area contributed by atoms with Crippen molar-refractivity contribution in [2.24, 2.45) is 5.73 Å². The summed E-state index contributed by atoms with van der Waals surface area (Å²) in [5, 5.41) is 14.1. The molecule has 0 aliphatic carbocycles. The Morgan fingerprint density at radius 3 is 2.81 bits per heavy atom. The van der Waals surface area contributed by atoms with Crippen LogP contribution in [0.3, 0.4) is 0 Å². The maximum Gasteiger partial charge on any atom is 0.271 e. The van der Waals surface area contributed by atoms with E-state index >= 15 is 0 Å². The van der Waals surface area contributed by atoms with Crippen molar-refractivity contribution >= 4 is 22.9 Å². The van der Waals surface area contributed by atoms with Gasteiger partial charge in [-0.15, -0.1) is 5.10 Å². The summed E-state index contributed by atoms with van der Waals surface area (Å²) in [4.78, 5) is 26.7. The molecule has 2 aromatic heterocycles. The van der Waals surface area contributed by atoms with Gasteiger partial charge in [0.15, 0.2) is 5.69 Å². The summed E-state index contributed by atoms with van der Waals surface area (Å²) in [6, 6.07) is 3.65. The largest absolute Gasteiger partial charge is 0.373 e. The summed E-state index contributed by atoms with van der Waals surface area (Å²) in [7, 11) is 0. The number of nitrogens with zero attached hydrogens (tertiary/aromatic N) is 4. The van der Waals surface area contributed by atoms with Crippen molar-refractivity contribution in [2.45, 2.75) is 38.6 Å². The van der Waals surface area contributed by atoms with Crippen molar-refractivity contribution in [3.05, 3.63) is 47.9 Å². The number of hydrogen-bond donors (Lipinski definition) is 3. The Morgan fingerprint density at radius 1 is 1.35 bits per heavy atom. The lowest BCUT2D eigenvalue weighted by Gasteiger charge is -2.38. The highest BCUT2D eigenvalue weighted by Gasteiger charge is 2.33. The van der Waals surface area contributed by atoms with Crippen molar-refractivity contribution in [3.63, 3.8) is 0 Å². The highest BCUT2D eigenvalue weighted by Crippen LogP contribution is 2.29. The molecule has 0 aromatic carbocycles. The van der Waals surface area contributed by atoms with Gasteiger partial charge in [-0.25, -0.2) is 4.52 Å². The van der Waals surface area contributed by atoms with Crippen LogP contribution in [0, 0.1) is 0 Å². The normalized spacial score (nSPS) is 26.4. The summed E-state index contributed by atoms with van der Waals surface area (Å²) in [5.74, 6) is -0.741. The zero-order chi connectivity index (χ0) is 22.2. The molecule has 31 heavy (non-hydrogen) atoms. The Bertz CT molecular complexity index is 1070. The smallest absolute Gasteiger partial charge is 0.271 e. The van der Waals surface area contributed by atoms with E-state index in [1.807, 2.05) is 39.0 Å². The fourth-order valence-corrected chi connectivity index (χ4v) is 4.26. The lowest BCUT2D eigenvalue weighted by atomic mass is 9.91. The zero-order valence-corrected chi connectivity index (χ0v) is 17.8. The van der Waals surface area contributed by atoms with Crippen LogP contribution >= 0.6 is 0 Å². The first kappa shape index (κ1) is 21.0. The lowest BCUT2D eigenvalue weighted by Crippen LogP contribution is -2.59. The maximum atomic E-state index is 12.9. The van der Waals surface area contributed by atoms with Crippen LogP contribution in [0.5, 0.6) is 0 Å². The molecular weight excluding hydrogens is 398 g/mol. The van der Waals surface area contributed by atoms with Crippen molar-refractivity contribution in [2.75, 3.05) is 19.6 Å². The number of amides is 2. The molecule has 2 aromatic rings. The summed E-state index contributed by atoms with van der Waals surface area (Å²) in [5.41, 5.74) is 6.83. The van der Waals surface area contributed by atoms with E-state index in [0.29, 0.717) is 18.6 Å². The van der Waals surface area contributed by atoms with E-state index in [-0.39, 0.29) is 30.4 Å². The van der Waals surface area contributed by atoms with E-state index in [0.717, 1.165) is 11.1 Å². The molecular formula is C21H27N7O3. The second-order valence-corrected chi connectivity index (χ2v) is 8.26. The number of pyridine rings is 1. The van der Waals surface area contributed by atoms with Crippen LogP contribution in [0.1, 0.15) is 36.8 Å². The number of morpholine rings is 1. The van der Waals surface area contributed by atoms with Gasteiger partial charge < -0.3 is 21.1 Å². The topological polar surface area (TPSA) is 127 Å². The molecule has 4 heterocycles. The Balaban J connectivity index is 1.56. The first-order chi connectivity index (χ1) is 14.7. The third-order valence-corrected chi connectivity index (χ3v) is 5.48. The predicted molar refractivity (Wildman–Crippen MR) is 115 cm³/mol. The number of primary amides is 1. The molecule has 0 bridgehead atoms. The predicted octanol–water partition coefficient (Wildman–Crippen LogP) is 0.270. The number of carbonyl (C=O) groups is 2. The molecule has 0 radical (unpaired) electrons. The van der Waals surface area contributed by atoms with E-state index in [4.69, 9.17) is 10.5 Å². The van der Waals surface area contributed by atoms with Crippen molar-refractivity contribution in [1.29, 1.82) is 0 Å². The number of ether oxygens (including phenoxy) is 1. The van der Waals surface area contributed by atoms with E-state index in [1.165, 1.54) is 4.52 Å². The standard InChI is InChI=1S/C21H27N7O3/c1-13-10-27(11-14(2)31-13)12-18(29)24-21(3)16(5-4-7-23-21)15-6-8-28-17(9-15)19(20(22)30)25-26-28/h4-9,13-14,23H,10-12H2,1-3H3,(H2,22,30)(H,24,29)/t13-,14+,21?. The van der Waals surface area contributed by atoms with Gasteiger partial charge in [-0.3, -0.25) is 14.5 Å². The van der Waals surface area contributed by atoms with Crippen LogP contribution in [0.4, 0.5) is 0 Å². The second kappa shape index (κ2) is 8.12. The molecule has 1 unspecified atom stereocenters. The molecule has 4 rings (SSSR count). The molecule has 1 saturated heterocycles. The molecule has 2 aliphatic heterocycles. The number of nitrogens with one attached hydrogen (secondary N) is 2. The Hall–Kier alpha value is -3.24. The van der Waals surface area contributed by atoms with Crippen molar-refractivity contribution < 1.29 is 14.3 Å². The molecule has 2 aliphatic rings. The van der Waals surface area contributed by atoms with Gasteiger partial charge in [0.1, 0.15) is 11.2 Å². The average Bonchev–Trinajstić information content (AvgIpc) is 3.10. The van der Waals surface area contributed by atoms with Gasteiger partial charge in [-0.05, 0) is 50.7 Å². The molecule has 1 fully saturated rings. The van der Waals surface area contributed by atoms with E-state index < -0.39 is 11.6 Å². The van der Waals surface area contributed by atoms with Gasteiger partial charge in [-0.1, -0.05) is 11.3 Å². The van der Waals surface area contributed by atoms with Crippen LogP contribution in [0.15, 0.2) is 36.7 Å². The zero-order valence-electron chi connectivity index (χ0n) is 17.8. The van der Waals surface area contributed by atoms with Crippen molar-refractivity contribution in [1.82, 2.24) is 30.4 Å². The van der Waals surface area contributed by atoms with Gasteiger partial charge >= 0.3 is 0 Å². The minimum Gasteiger partial charge on any atom is -0.373 e. The quantitative estimate of drug-likeness (QED) is 0.628. The van der Waals surface area contributed by atoms with Crippen LogP contribution in [0.2, 0.25) is 0 Å². The van der Waals surface area contributed by atoms with Crippen LogP contribution in [-0.4, -0.2) is 69.0 Å². The first-order valence-electron chi connectivity index (χ1n) is 10.2. The molecule has 2 amide bonds. The molecule has 0 saturated carbocycles. The van der Waals surface area contributed by atoms with Crippen LogP contribution < -0.4 is 16.4 Å². The Morgan fingerprint density at radius 2 is 2.10 bits per heavy atom. The fourth-order valence-electron chi connectivity index (χ4n) is 4.26. The molecule has 4 N–H and O–H groups in total. The molecule has 0 spiro atoms. The lowest BCUT2D eigenvalue weighted by molar-refractivity contribution is -0.127. The first-order valence-corrected chi connectivity index (χ1v) is 10.2. The SMILES string of the molecule is C[C@@H]1CN(CC(=O)NC2(C)NC=CC=C2c2ccn3nnc(C(N)=O)c3c2)C[C@H](C)O1. The van der Waals surface area contributed by atoms with Gasteiger partial charge in [0.25, 0.3) is 5.91 Å².